The monoisotopic (exact) mass is 254 g/mol. The van der Waals surface area contributed by atoms with Crippen LogP contribution in [0, 0.1) is 5.92 Å². The van der Waals surface area contributed by atoms with Gasteiger partial charge in [0.25, 0.3) is 0 Å². The van der Waals surface area contributed by atoms with E-state index in [1.165, 1.54) is 37.1 Å². The van der Waals surface area contributed by atoms with E-state index in [0.29, 0.717) is 11.3 Å². The van der Waals surface area contributed by atoms with Gasteiger partial charge in [-0.3, -0.25) is 4.68 Å². The lowest BCUT2D eigenvalue weighted by Crippen LogP contribution is -2.23. The van der Waals surface area contributed by atoms with E-state index in [2.05, 4.69) is 29.7 Å². The average molecular weight is 255 g/mol. The molecule has 0 N–H and O–H groups in total. The summed E-state index contributed by atoms with van der Waals surface area (Å²) < 4.78 is 2.15. The molecule has 0 saturated heterocycles. The summed E-state index contributed by atoms with van der Waals surface area (Å²) in [5.41, 5.74) is 2.59. The van der Waals surface area contributed by atoms with Crippen LogP contribution in [0.25, 0.3) is 0 Å². The van der Waals surface area contributed by atoms with Crippen LogP contribution in [0.1, 0.15) is 50.9 Å². The Morgan fingerprint density at radius 2 is 2.12 bits per heavy atom. The number of aromatic nitrogens is 2. The van der Waals surface area contributed by atoms with E-state index in [-0.39, 0.29) is 0 Å². The quantitative estimate of drug-likeness (QED) is 0.748. The van der Waals surface area contributed by atoms with E-state index in [1.54, 1.807) is 0 Å². The Hall–Kier alpha value is -0.500. The summed E-state index contributed by atoms with van der Waals surface area (Å²) in [5, 5.41) is 4.98. The van der Waals surface area contributed by atoms with Gasteiger partial charge in [-0.15, -0.1) is 11.6 Å². The summed E-state index contributed by atoms with van der Waals surface area (Å²) in [7, 11) is 0. The van der Waals surface area contributed by atoms with Gasteiger partial charge < -0.3 is 0 Å². The highest BCUT2D eigenvalue weighted by Crippen LogP contribution is 2.31. The Balaban J connectivity index is 2.08. The molecular weight excluding hydrogens is 232 g/mol. The lowest BCUT2D eigenvalue weighted by molar-refractivity contribution is 0.356. The maximum atomic E-state index is 6.44. The van der Waals surface area contributed by atoms with Crippen molar-refractivity contribution in [3.05, 3.63) is 17.5 Å². The van der Waals surface area contributed by atoms with E-state index < -0.39 is 0 Å². The number of alkyl halides is 1. The molecule has 0 bridgehead atoms. The zero-order valence-corrected chi connectivity index (χ0v) is 11.7. The molecule has 3 heteroatoms. The topological polar surface area (TPSA) is 17.8 Å². The Morgan fingerprint density at radius 1 is 1.35 bits per heavy atom. The number of aryl methyl sites for hydroxylation is 2. The lowest BCUT2D eigenvalue weighted by atomic mass is 9.85. The average Bonchev–Trinajstić information content (AvgIpc) is 2.74. The van der Waals surface area contributed by atoms with Crippen LogP contribution in [-0.2, 0) is 19.4 Å². The van der Waals surface area contributed by atoms with Crippen molar-refractivity contribution >= 4 is 11.6 Å². The molecule has 1 saturated carbocycles. The predicted molar refractivity (Wildman–Crippen MR) is 72.6 cm³/mol. The molecule has 1 fully saturated rings. The molecule has 1 aromatic rings. The first-order valence-electron chi connectivity index (χ1n) is 6.94. The van der Waals surface area contributed by atoms with Crippen LogP contribution in [-0.4, -0.2) is 15.2 Å². The smallest absolute Gasteiger partial charge is 0.0624 e. The number of nitrogens with zero attached hydrogens (tertiary/aromatic N) is 2. The summed E-state index contributed by atoms with van der Waals surface area (Å²) in [5.74, 6) is 0.650. The molecule has 0 amide bonds. The molecule has 0 aromatic carbocycles. The van der Waals surface area contributed by atoms with Gasteiger partial charge in [0.2, 0.25) is 0 Å². The second-order valence-corrected chi connectivity index (χ2v) is 5.62. The second kappa shape index (κ2) is 5.90. The van der Waals surface area contributed by atoms with Crippen LogP contribution in [0.15, 0.2) is 6.07 Å². The van der Waals surface area contributed by atoms with Gasteiger partial charge in [0.1, 0.15) is 0 Å². The first kappa shape index (κ1) is 12.9. The number of hydrogen-bond donors (Lipinski definition) is 0. The Kier molecular flexibility index (Phi) is 4.49. The van der Waals surface area contributed by atoms with Gasteiger partial charge in [0.05, 0.1) is 5.69 Å². The number of rotatable bonds is 4. The predicted octanol–water partition coefficient (Wildman–Crippen LogP) is 3.81. The van der Waals surface area contributed by atoms with Crippen molar-refractivity contribution in [2.45, 2.75) is 64.3 Å². The van der Waals surface area contributed by atoms with Crippen LogP contribution in [0.2, 0.25) is 0 Å². The van der Waals surface area contributed by atoms with Crippen LogP contribution in [0.5, 0.6) is 0 Å². The molecule has 2 nitrogen and oxygen atoms in total. The van der Waals surface area contributed by atoms with Gasteiger partial charge in [0.15, 0.2) is 0 Å². The van der Waals surface area contributed by atoms with Crippen molar-refractivity contribution in [1.82, 2.24) is 9.78 Å². The van der Waals surface area contributed by atoms with E-state index in [4.69, 9.17) is 11.6 Å². The molecule has 2 unspecified atom stereocenters. The molecule has 1 aromatic heterocycles. The molecule has 0 radical (unpaired) electrons. The van der Waals surface area contributed by atoms with Gasteiger partial charge in [0, 0.05) is 17.6 Å². The molecular formula is C14H23ClN2. The molecule has 17 heavy (non-hydrogen) atoms. The van der Waals surface area contributed by atoms with Crippen LogP contribution < -0.4 is 0 Å². The van der Waals surface area contributed by atoms with E-state index in [1.807, 2.05) is 0 Å². The van der Waals surface area contributed by atoms with Crippen LogP contribution in [0.4, 0.5) is 0 Å². The highest BCUT2D eigenvalue weighted by atomic mass is 35.5. The Labute approximate surface area is 109 Å². The zero-order valence-electron chi connectivity index (χ0n) is 11.0. The van der Waals surface area contributed by atoms with Crippen LogP contribution in [0.3, 0.4) is 0 Å². The van der Waals surface area contributed by atoms with Crippen molar-refractivity contribution in [2.75, 3.05) is 0 Å². The minimum absolute atomic E-state index is 0.369. The third-order valence-corrected chi connectivity index (χ3v) is 4.44. The zero-order chi connectivity index (χ0) is 12.3. The normalized spacial score (nSPS) is 25.1. The molecule has 1 aliphatic carbocycles. The highest BCUT2D eigenvalue weighted by molar-refractivity contribution is 6.20. The van der Waals surface area contributed by atoms with E-state index in [0.717, 1.165) is 19.4 Å². The first-order chi connectivity index (χ1) is 8.24. The number of halogens is 1. The second-order valence-electron chi connectivity index (χ2n) is 5.06. The van der Waals surface area contributed by atoms with E-state index in [9.17, 15) is 0 Å². The highest BCUT2D eigenvalue weighted by Gasteiger charge is 2.24. The summed E-state index contributed by atoms with van der Waals surface area (Å²) >= 11 is 6.44. The summed E-state index contributed by atoms with van der Waals surface area (Å²) in [6, 6.07) is 2.27. The fourth-order valence-electron chi connectivity index (χ4n) is 2.79. The van der Waals surface area contributed by atoms with Gasteiger partial charge in [-0.1, -0.05) is 19.8 Å². The molecule has 96 valence electrons. The van der Waals surface area contributed by atoms with Crippen LogP contribution >= 0.6 is 11.6 Å². The van der Waals surface area contributed by atoms with Gasteiger partial charge in [-0.05, 0) is 44.6 Å². The minimum atomic E-state index is 0.369. The van der Waals surface area contributed by atoms with Gasteiger partial charge >= 0.3 is 0 Å². The standard InChI is InChI=1S/C14H23ClN2/c1-3-12-10-13(17(4-2)16-12)9-11-7-5-6-8-14(11)15/h10-11,14H,3-9H2,1-2H3. The van der Waals surface area contributed by atoms with Crippen molar-refractivity contribution in [1.29, 1.82) is 0 Å². The van der Waals surface area contributed by atoms with Crippen molar-refractivity contribution < 1.29 is 0 Å². The SMILES string of the molecule is CCc1cc(CC2CCCCC2Cl)n(CC)n1. The summed E-state index contributed by atoms with van der Waals surface area (Å²) in [4.78, 5) is 0. The minimum Gasteiger partial charge on any atom is -0.270 e. The van der Waals surface area contributed by atoms with Gasteiger partial charge in [-0.2, -0.15) is 5.10 Å². The summed E-state index contributed by atoms with van der Waals surface area (Å²) in [6.45, 7) is 5.29. The molecule has 1 aliphatic rings. The Morgan fingerprint density at radius 3 is 2.76 bits per heavy atom. The molecule has 0 aliphatic heterocycles. The molecule has 2 rings (SSSR count). The first-order valence-corrected chi connectivity index (χ1v) is 7.37. The summed E-state index contributed by atoms with van der Waals surface area (Å²) in [6.07, 6.45) is 7.24. The fraction of sp³-hybridized carbons (Fsp3) is 0.786. The molecule has 2 atom stereocenters. The third-order valence-electron chi connectivity index (χ3n) is 3.86. The van der Waals surface area contributed by atoms with Crippen molar-refractivity contribution in [3.8, 4) is 0 Å². The third kappa shape index (κ3) is 3.04. The van der Waals surface area contributed by atoms with E-state index >= 15 is 0 Å². The maximum absolute atomic E-state index is 6.44. The largest absolute Gasteiger partial charge is 0.270 e. The maximum Gasteiger partial charge on any atom is 0.0624 e. The van der Waals surface area contributed by atoms with Crippen molar-refractivity contribution in [2.24, 2.45) is 5.92 Å². The molecule has 1 heterocycles. The number of hydrogen-bond acceptors (Lipinski definition) is 1. The van der Waals surface area contributed by atoms with Gasteiger partial charge in [-0.25, -0.2) is 0 Å². The lowest BCUT2D eigenvalue weighted by Gasteiger charge is -2.27. The molecule has 0 spiro atoms. The van der Waals surface area contributed by atoms with Crippen molar-refractivity contribution in [3.63, 3.8) is 0 Å². The Bertz CT molecular complexity index is 359. The fourth-order valence-corrected chi connectivity index (χ4v) is 3.16.